The van der Waals surface area contributed by atoms with Crippen molar-refractivity contribution in [2.24, 2.45) is 7.05 Å². The Morgan fingerprint density at radius 1 is 1.39 bits per heavy atom. The van der Waals surface area contributed by atoms with Gasteiger partial charge < -0.3 is 4.57 Å². The van der Waals surface area contributed by atoms with E-state index in [1.54, 1.807) is 11.7 Å². The lowest BCUT2D eigenvalue weighted by atomic mass is 10.2. The molecule has 0 saturated heterocycles. The Labute approximate surface area is 109 Å². The zero-order valence-electron chi connectivity index (χ0n) is 10.3. The Kier molecular flexibility index (Phi) is 3.85. The van der Waals surface area contributed by atoms with Crippen LogP contribution in [0.4, 0.5) is 8.78 Å². The molecule has 0 aromatic carbocycles. The summed E-state index contributed by atoms with van der Waals surface area (Å²) in [4.78, 5) is 4.34. The number of imidazole rings is 1. The van der Waals surface area contributed by atoms with Crippen molar-refractivity contribution in [3.63, 3.8) is 0 Å². The summed E-state index contributed by atoms with van der Waals surface area (Å²) in [5.74, 6) is 0.588. The molecule has 0 spiro atoms. The lowest BCUT2D eigenvalue weighted by Crippen LogP contribution is -2.11. The van der Waals surface area contributed by atoms with Gasteiger partial charge in [-0.25, -0.2) is 13.8 Å². The normalized spacial score (nSPS) is 11.9. The highest BCUT2D eigenvalue weighted by Crippen LogP contribution is 2.22. The first-order valence-electron chi connectivity index (χ1n) is 5.83. The zero-order valence-corrected chi connectivity index (χ0v) is 11.1. The van der Waals surface area contributed by atoms with Gasteiger partial charge in [0.05, 0.1) is 18.1 Å². The Morgan fingerprint density at radius 3 is 2.67 bits per heavy atom. The van der Waals surface area contributed by atoms with E-state index in [4.69, 9.17) is 11.6 Å². The van der Waals surface area contributed by atoms with E-state index in [0.717, 1.165) is 18.5 Å². The van der Waals surface area contributed by atoms with E-state index in [1.807, 2.05) is 6.92 Å². The van der Waals surface area contributed by atoms with Crippen molar-refractivity contribution < 1.29 is 8.78 Å². The van der Waals surface area contributed by atoms with Crippen molar-refractivity contribution in [3.05, 3.63) is 11.5 Å². The highest BCUT2D eigenvalue weighted by atomic mass is 35.5. The maximum atomic E-state index is 12.6. The summed E-state index contributed by atoms with van der Waals surface area (Å²) in [6.45, 7) is 1.64. The molecule has 2 aromatic rings. The summed E-state index contributed by atoms with van der Waals surface area (Å²) in [5, 5.41) is 4.33. The van der Waals surface area contributed by atoms with Gasteiger partial charge >= 0.3 is 0 Å². The Balaban J connectivity index is 2.59. The summed E-state index contributed by atoms with van der Waals surface area (Å²) in [6, 6.07) is 0. The quantitative estimate of drug-likeness (QED) is 0.787. The number of fused-ring (bicyclic) bond motifs is 1. The fourth-order valence-corrected chi connectivity index (χ4v) is 2.33. The van der Waals surface area contributed by atoms with E-state index in [0.29, 0.717) is 17.0 Å². The third-order valence-electron chi connectivity index (χ3n) is 2.80. The number of aryl methyl sites for hydroxylation is 2. The van der Waals surface area contributed by atoms with Gasteiger partial charge in [0.25, 0.3) is 6.43 Å². The molecule has 0 fully saturated rings. The summed E-state index contributed by atoms with van der Waals surface area (Å²) in [6.07, 6.45) is -0.719. The smallest absolute Gasteiger partial charge is 0.256 e. The number of aromatic nitrogens is 4. The van der Waals surface area contributed by atoms with Crippen LogP contribution in [0.1, 0.15) is 24.9 Å². The van der Waals surface area contributed by atoms with Crippen LogP contribution in [0.3, 0.4) is 0 Å². The molecule has 0 bridgehead atoms. The third kappa shape index (κ3) is 2.21. The molecule has 2 rings (SSSR count). The number of hydrogen-bond donors (Lipinski definition) is 0. The van der Waals surface area contributed by atoms with Crippen molar-refractivity contribution in [2.75, 3.05) is 0 Å². The van der Waals surface area contributed by atoms with Gasteiger partial charge in [0, 0.05) is 7.05 Å². The van der Waals surface area contributed by atoms with Gasteiger partial charge in [-0.1, -0.05) is 13.3 Å². The number of rotatable bonds is 5. The van der Waals surface area contributed by atoms with E-state index in [-0.39, 0.29) is 5.88 Å². The fraction of sp³-hybridized carbons (Fsp3) is 0.636. The van der Waals surface area contributed by atoms with Crippen LogP contribution in [0.2, 0.25) is 0 Å². The van der Waals surface area contributed by atoms with Crippen LogP contribution < -0.4 is 0 Å². The van der Waals surface area contributed by atoms with E-state index >= 15 is 0 Å². The fourth-order valence-electron chi connectivity index (χ4n) is 2.12. The van der Waals surface area contributed by atoms with Gasteiger partial charge in [0.15, 0.2) is 5.65 Å². The molecule has 0 aliphatic carbocycles. The first kappa shape index (κ1) is 13.3. The Hall–Kier alpha value is -1.17. The van der Waals surface area contributed by atoms with Crippen molar-refractivity contribution in [3.8, 4) is 0 Å². The second-order valence-electron chi connectivity index (χ2n) is 4.16. The van der Waals surface area contributed by atoms with Crippen molar-refractivity contribution >= 4 is 22.8 Å². The molecule has 7 heteroatoms. The predicted molar refractivity (Wildman–Crippen MR) is 66.1 cm³/mol. The summed E-state index contributed by atoms with van der Waals surface area (Å²) >= 11 is 5.77. The maximum absolute atomic E-state index is 12.6. The third-order valence-corrected chi connectivity index (χ3v) is 3.04. The molecule has 2 aromatic heterocycles. The highest BCUT2D eigenvalue weighted by molar-refractivity contribution is 6.16. The molecular formula is C11H15ClF2N4. The summed E-state index contributed by atoms with van der Waals surface area (Å²) in [5.41, 5.74) is 2.15. The van der Waals surface area contributed by atoms with Gasteiger partial charge in [0.2, 0.25) is 0 Å². The van der Waals surface area contributed by atoms with Crippen LogP contribution in [0.15, 0.2) is 0 Å². The molecular weight excluding hydrogens is 262 g/mol. The van der Waals surface area contributed by atoms with E-state index in [1.165, 1.54) is 4.57 Å². The molecule has 0 amide bonds. The number of alkyl halides is 3. The van der Waals surface area contributed by atoms with Gasteiger partial charge in [-0.05, 0) is 6.42 Å². The lowest BCUT2D eigenvalue weighted by Gasteiger charge is -2.06. The molecule has 2 heterocycles. The molecule has 0 aliphatic heterocycles. The minimum atomic E-state index is -2.44. The molecule has 100 valence electrons. The van der Waals surface area contributed by atoms with Crippen molar-refractivity contribution in [2.45, 2.75) is 38.6 Å². The molecule has 0 N–H and O–H groups in total. The van der Waals surface area contributed by atoms with Crippen LogP contribution in [0.5, 0.6) is 0 Å². The second kappa shape index (κ2) is 5.22. The van der Waals surface area contributed by atoms with Gasteiger partial charge in [-0.15, -0.1) is 11.6 Å². The van der Waals surface area contributed by atoms with Crippen molar-refractivity contribution in [1.29, 1.82) is 0 Å². The predicted octanol–water partition coefficient (Wildman–Crippen LogP) is 2.73. The maximum Gasteiger partial charge on any atom is 0.256 e. The van der Waals surface area contributed by atoms with Gasteiger partial charge in [-0.3, -0.25) is 4.68 Å². The number of nitrogens with zero attached hydrogens (tertiary/aromatic N) is 4. The van der Waals surface area contributed by atoms with Crippen LogP contribution in [0, 0.1) is 0 Å². The summed E-state index contributed by atoms with van der Waals surface area (Å²) in [7, 11) is 1.74. The monoisotopic (exact) mass is 276 g/mol. The van der Waals surface area contributed by atoms with Crippen LogP contribution in [0.25, 0.3) is 11.2 Å². The average molecular weight is 277 g/mol. The molecule has 0 saturated carbocycles. The van der Waals surface area contributed by atoms with Crippen molar-refractivity contribution in [1.82, 2.24) is 19.3 Å². The van der Waals surface area contributed by atoms with E-state index in [9.17, 15) is 8.78 Å². The molecule has 18 heavy (non-hydrogen) atoms. The SMILES string of the molecule is CCCc1nn(C)c2c1nc(CCl)n2CC(F)F. The molecule has 0 radical (unpaired) electrons. The lowest BCUT2D eigenvalue weighted by molar-refractivity contribution is 0.126. The summed E-state index contributed by atoms with van der Waals surface area (Å²) < 4.78 is 28.3. The Morgan fingerprint density at radius 2 is 2.11 bits per heavy atom. The van der Waals surface area contributed by atoms with Gasteiger partial charge in [-0.2, -0.15) is 5.10 Å². The molecule has 0 unspecified atom stereocenters. The van der Waals surface area contributed by atoms with E-state index in [2.05, 4.69) is 10.1 Å². The van der Waals surface area contributed by atoms with Gasteiger partial charge in [0.1, 0.15) is 11.3 Å². The molecule has 0 aliphatic rings. The first-order valence-corrected chi connectivity index (χ1v) is 6.37. The number of halogens is 3. The molecule has 0 atom stereocenters. The molecule has 4 nitrogen and oxygen atoms in total. The standard InChI is InChI=1S/C11H15ClF2N4/c1-3-4-7-10-11(17(2)16-7)18(6-8(13)14)9(5-12)15-10/h8H,3-6H2,1-2H3. The number of hydrogen-bond acceptors (Lipinski definition) is 2. The minimum absolute atomic E-state index is 0.118. The highest BCUT2D eigenvalue weighted by Gasteiger charge is 2.20. The first-order chi connectivity index (χ1) is 8.58. The average Bonchev–Trinajstić information content (AvgIpc) is 2.79. The topological polar surface area (TPSA) is 35.6 Å². The largest absolute Gasteiger partial charge is 0.306 e. The zero-order chi connectivity index (χ0) is 13.3. The second-order valence-corrected chi connectivity index (χ2v) is 4.42. The minimum Gasteiger partial charge on any atom is -0.306 e. The van der Waals surface area contributed by atoms with E-state index < -0.39 is 13.0 Å². The van der Waals surface area contributed by atoms with Crippen LogP contribution in [-0.2, 0) is 25.9 Å². The van der Waals surface area contributed by atoms with Crippen LogP contribution >= 0.6 is 11.6 Å². The Bertz CT molecular complexity index is 547. The van der Waals surface area contributed by atoms with Crippen LogP contribution in [-0.4, -0.2) is 25.8 Å².